The molecule has 0 aromatic heterocycles. The molecule has 9 nitrogen and oxygen atoms in total. The van der Waals surface area contributed by atoms with Crippen LogP contribution in [0.1, 0.15) is 174 Å². The predicted molar refractivity (Wildman–Crippen MR) is 199 cm³/mol. The topological polar surface area (TPSA) is 126 Å². The van der Waals surface area contributed by atoms with Gasteiger partial charge in [0, 0.05) is 19.3 Å². The first-order valence-electron chi connectivity index (χ1n) is 19.6. The Balaban J connectivity index is 2.35. The molecule has 0 bridgehead atoms. The van der Waals surface area contributed by atoms with Crippen molar-refractivity contribution in [3.05, 3.63) is 46.1 Å². The van der Waals surface area contributed by atoms with Crippen molar-refractivity contribution in [2.24, 2.45) is 0 Å². The molecule has 0 aliphatic rings. The fraction of sp³-hybridized carbons (Fsp3) is 0.795. The van der Waals surface area contributed by atoms with Crippen molar-refractivity contribution >= 4 is 14.2 Å². The van der Waals surface area contributed by atoms with Gasteiger partial charge in [0.15, 0.2) is 5.75 Å². The van der Waals surface area contributed by atoms with E-state index < -0.39 is 19.2 Å². The standard InChI is InChI=1S/C39H70NO8P/c1-3-5-7-9-11-13-15-17-19-21-23-25-33-45-35-39(46-34-26-24-22-20-18-16-14-12-10-8-6-4-2)36-47-49(43,44)48-38-29-27-37(28-30-38)31-32-40(41)42/h27-32,39H,3-26,33-36H2,1-2H3,(H,43,44)/p-1/b32-31+. The van der Waals surface area contributed by atoms with Crippen LogP contribution in [0.3, 0.4) is 0 Å². The summed E-state index contributed by atoms with van der Waals surface area (Å²) >= 11 is 0. The van der Waals surface area contributed by atoms with Crippen molar-refractivity contribution < 1.29 is 33.2 Å². The van der Waals surface area contributed by atoms with Crippen LogP contribution < -0.4 is 14.3 Å². The van der Waals surface area contributed by atoms with Crippen LogP contribution in [0.25, 0.3) is 6.08 Å². The van der Waals surface area contributed by atoms with Gasteiger partial charge < -0.3 is 23.8 Å². The molecule has 10 heteroatoms. The zero-order valence-corrected chi connectivity index (χ0v) is 31.9. The van der Waals surface area contributed by atoms with Crippen LogP contribution in [0.4, 0.5) is 0 Å². The van der Waals surface area contributed by atoms with E-state index in [0.717, 1.165) is 31.9 Å². The second kappa shape index (κ2) is 32.3. The first kappa shape index (κ1) is 45.4. The summed E-state index contributed by atoms with van der Waals surface area (Å²) in [7, 11) is -4.67. The van der Waals surface area contributed by atoms with Crippen molar-refractivity contribution in [2.45, 2.75) is 174 Å². The number of hydrogen-bond acceptors (Lipinski definition) is 8. The van der Waals surface area contributed by atoms with E-state index in [2.05, 4.69) is 13.8 Å². The summed E-state index contributed by atoms with van der Waals surface area (Å²) in [6, 6.07) is 5.90. The van der Waals surface area contributed by atoms with Gasteiger partial charge in [-0.25, -0.2) is 4.52 Å². The lowest BCUT2D eigenvalue weighted by molar-refractivity contribution is -0.400. The summed E-state index contributed by atoms with van der Waals surface area (Å²) in [5.41, 5.74) is 0.544. The molecule has 0 spiro atoms. The van der Waals surface area contributed by atoms with Crippen LogP contribution in [0.15, 0.2) is 30.5 Å². The van der Waals surface area contributed by atoms with E-state index >= 15 is 0 Å². The zero-order chi connectivity index (χ0) is 35.7. The van der Waals surface area contributed by atoms with E-state index in [1.165, 1.54) is 159 Å². The Morgan fingerprint density at radius 3 is 1.51 bits per heavy atom. The van der Waals surface area contributed by atoms with Crippen LogP contribution in [0, 0.1) is 10.1 Å². The first-order chi connectivity index (χ1) is 23.9. The lowest BCUT2D eigenvalue weighted by Gasteiger charge is -2.32. The van der Waals surface area contributed by atoms with Crippen LogP contribution in [-0.4, -0.2) is 37.5 Å². The Bertz CT molecular complexity index is 915. The molecule has 0 radical (unpaired) electrons. The van der Waals surface area contributed by atoms with E-state index in [-0.39, 0.29) is 19.0 Å². The minimum Gasteiger partial charge on any atom is -0.627 e. The predicted octanol–water partition coefficient (Wildman–Crippen LogP) is 10.5. The van der Waals surface area contributed by atoms with E-state index in [1.807, 2.05) is 0 Å². The van der Waals surface area contributed by atoms with Crippen molar-refractivity contribution in [3.63, 3.8) is 0 Å². The maximum absolute atomic E-state index is 12.6. The summed E-state index contributed by atoms with van der Waals surface area (Å²) in [5.74, 6) is 0.0637. The molecule has 0 saturated heterocycles. The molecule has 0 heterocycles. The van der Waals surface area contributed by atoms with Gasteiger partial charge in [0.05, 0.1) is 11.5 Å². The Hall–Kier alpha value is -1.61. The molecule has 0 amide bonds. The highest BCUT2D eigenvalue weighted by Gasteiger charge is 2.22. The normalized spacial score (nSPS) is 12.6. The van der Waals surface area contributed by atoms with Crippen LogP contribution in [0.5, 0.6) is 5.75 Å². The van der Waals surface area contributed by atoms with Gasteiger partial charge in [-0.1, -0.05) is 167 Å². The van der Waals surface area contributed by atoms with Gasteiger partial charge in [-0.3, -0.25) is 10.1 Å². The van der Waals surface area contributed by atoms with Gasteiger partial charge in [-0.15, -0.1) is 0 Å². The number of hydrogen-bond donors (Lipinski definition) is 0. The molecule has 1 aromatic rings. The smallest absolute Gasteiger partial charge is 0.247 e. The number of ether oxygens (including phenoxy) is 2. The van der Waals surface area contributed by atoms with Crippen molar-refractivity contribution in [2.75, 3.05) is 26.4 Å². The molecule has 284 valence electrons. The molecule has 1 rings (SSSR count). The number of benzene rings is 1. The second-order valence-electron chi connectivity index (χ2n) is 13.4. The third-order valence-electron chi connectivity index (χ3n) is 8.70. The molecule has 0 N–H and O–H groups in total. The highest BCUT2D eigenvalue weighted by Crippen LogP contribution is 2.43. The van der Waals surface area contributed by atoms with Crippen LogP contribution in [0.2, 0.25) is 0 Å². The molecule has 0 aliphatic heterocycles. The number of nitrogens with zero attached hydrogens (tertiary/aromatic N) is 1. The second-order valence-corrected chi connectivity index (χ2v) is 14.7. The summed E-state index contributed by atoms with van der Waals surface area (Å²) in [6.07, 6.45) is 32.1. The molecule has 1 aromatic carbocycles. The minimum atomic E-state index is -4.67. The highest BCUT2D eigenvalue weighted by atomic mass is 31.2. The fourth-order valence-corrected chi connectivity index (χ4v) is 6.50. The SMILES string of the molecule is CCCCCCCCCCCCCCOCC(CO[P+]([O-])([O-])Oc1ccc(/C=C/[N+](=O)[O-])cc1)OCCCCCCCCCCCCCC. The van der Waals surface area contributed by atoms with Gasteiger partial charge >= 0.3 is 0 Å². The number of unbranched alkanes of at least 4 members (excludes halogenated alkanes) is 22. The molecule has 0 fully saturated rings. The van der Waals surface area contributed by atoms with Crippen molar-refractivity contribution in [1.29, 1.82) is 0 Å². The van der Waals surface area contributed by atoms with E-state index in [1.54, 1.807) is 0 Å². The average molecular weight is 711 g/mol. The van der Waals surface area contributed by atoms with Gasteiger partial charge in [0.1, 0.15) is 12.7 Å². The third kappa shape index (κ3) is 29.8. The van der Waals surface area contributed by atoms with Gasteiger partial charge in [-0.05, 0) is 30.5 Å². The van der Waals surface area contributed by atoms with Gasteiger partial charge in [-0.2, -0.15) is 0 Å². The first-order valence-corrected chi connectivity index (χ1v) is 21.1. The third-order valence-corrected chi connectivity index (χ3v) is 9.60. The number of phosphoric ester groups is 1. The Kier molecular flexibility index (Phi) is 29.9. The molecule has 49 heavy (non-hydrogen) atoms. The largest absolute Gasteiger partial charge is 0.627 e. The van der Waals surface area contributed by atoms with E-state index in [4.69, 9.17) is 18.5 Å². The monoisotopic (exact) mass is 710 g/mol. The van der Waals surface area contributed by atoms with Crippen LogP contribution in [-0.2, 0) is 14.0 Å². The fourth-order valence-electron chi connectivity index (χ4n) is 5.71. The number of phosphoric acid groups is 1. The molecule has 1 atom stereocenters. The summed E-state index contributed by atoms with van der Waals surface area (Å²) in [6.45, 7) is 5.71. The highest BCUT2D eigenvalue weighted by molar-refractivity contribution is 7.51. The summed E-state index contributed by atoms with van der Waals surface area (Å²) in [5, 5.41) is 10.5. The van der Waals surface area contributed by atoms with E-state index in [9.17, 15) is 19.9 Å². The Morgan fingerprint density at radius 2 is 1.06 bits per heavy atom. The van der Waals surface area contributed by atoms with Crippen molar-refractivity contribution in [1.82, 2.24) is 0 Å². The molecular weight excluding hydrogens is 641 g/mol. The minimum absolute atomic E-state index is 0.0637. The van der Waals surface area contributed by atoms with Crippen molar-refractivity contribution in [3.8, 4) is 5.75 Å². The zero-order valence-electron chi connectivity index (χ0n) is 31.0. The number of rotatable bonds is 36. The molecule has 0 aliphatic carbocycles. The molecular formula is C39H69NO8P-. The summed E-state index contributed by atoms with van der Waals surface area (Å²) < 4.78 is 22.2. The van der Waals surface area contributed by atoms with Gasteiger partial charge in [0.2, 0.25) is 14.4 Å². The lowest BCUT2D eigenvalue weighted by Crippen LogP contribution is -2.34. The molecule has 0 saturated carbocycles. The maximum Gasteiger partial charge on any atom is 0.247 e. The number of nitro groups is 1. The average Bonchev–Trinajstić information content (AvgIpc) is 3.08. The Labute approximate surface area is 299 Å². The quantitative estimate of drug-likeness (QED) is 0.0291. The van der Waals surface area contributed by atoms with Gasteiger partial charge in [0.25, 0.3) is 0 Å². The lowest BCUT2D eigenvalue weighted by atomic mass is 10.1. The maximum atomic E-state index is 12.6. The summed E-state index contributed by atoms with van der Waals surface area (Å²) in [4.78, 5) is 35.1. The van der Waals surface area contributed by atoms with E-state index in [0.29, 0.717) is 18.8 Å². The molecule has 1 unspecified atom stereocenters. The Morgan fingerprint density at radius 1 is 0.633 bits per heavy atom. The van der Waals surface area contributed by atoms with Crippen LogP contribution >= 0.6 is 8.17 Å².